The highest BCUT2D eigenvalue weighted by Crippen LogP contribution is 2.23. The number of aliphatic hydroxyl groups excluding tert-OH is 1. The molecule has 0 aliphatic carbocycles. The predicted molar refractivity (Wildman–Crippen MR) is 83.6 cm³/mol. The maximum Gasteiger partial charge on any atom is 0.129 e. The van der Waals surface area contributed by atoms with E-state index in [1.165, 1.54) is 10.8 Å². The molecular formula is C16H14BrNO2. The van der Waals surface area contributed by atoms with Gasteiger partial charge in [0.15, 0.2) is 0 Å². The summed E-state index contributed by atoms with van der Waals surface area (Å²) in [6.07, 6.45) is 0. The van der Waals surface area contributed by atoms with Crippen molar-refractivity contribution in [2.45, 2.75) is 13.2 Å². The van der Waals surface area contributed by atoms with E-state index in [4.69, 9.17) is 9.52 Å². The fraction of sp³-hybridized carbons (Fsp3) is 0.125. The summed E-state index contributed by atoms with van der Waals surface area (Å²) < 4.78 is 6.52. The van der Waals surface area contributed by atoms with Crippen LogP contribution in [-0.4, -0.2) is 5.11 Å². The second-order valence-electron chi connectivity index (χ2n) is 4.59. The van der Waals surface area contributed by atoms with Crippen LogP contribution >= 0.6 is 15.9 Å². The first-order chi connectivity index (χ1) is 9.74. The molecule has 0 fully saturated rings. The van der Waals surface area contributed by atoms with Gasteiger partial charge in [-0.05, 0) is 47.2 Å². The summed E-state index contributed by atoms with van der Waals surface area (Å²) in [7, 11) is 0. The zero-order valence-electron chi connectivity index (χ0n) is 10.8. The van der Waals surface area contributed by atoms with Crippen LogP contribution in [0.1, 0.15) is 11.5 Å². The van der Waals surface area contributed by atoms with Gasteiger partial charge in [0.1, 0.15) is 18.1 Å². The van der Waals surface area contributed by atoms with Crippen molar-refractivity contribution in [3.8, 4) is 0 Å². The van der Waals surface area contributed by atoms with E-state index in [-0.39, 0.29) is 6.61 Å². The molecule has 3 nitrogen and oxygen atoms in total. The van der Waals surface area contributed by atoms with E-state index >= 15 is 0 Å². The molecular weight excluding hydrogens is 318 g/mol. The molecule has 0 spiro atoms. The van der Waals surface area contributed by atoms with Gasteiger partial charge in [-0.3, -0.25) is 0 Å². The molecule has 0 aliphatic rings. The molecule has 0 amide bonds. The summed E-state index contributed by atoms with van der Waals surface area (Å²) in [5, 5.41) is 14.7. The van der Waals surface area contributed by atoms with E-state index in [2.05, 4.69) is 45.5 Å². The number of rotatable bonds is 4. The Morgan fingerprint density at radius 1 is 0.950 bits per heavy atom. The molecule has 3 aromatic rings. The van der Waals surface area contributed by atoms with Crippen molar-refractivity contribution in [1.29, 1.82) is 0 Å². The Morgan fingerprint density at radius 3 is 2.50 bits per heavy atom. The number of halogens is 1. The van der Waals surface area contributed by atoms with Crippen molar-refractivity contribution in [1.82, 2.24) is 0 Å². The summed E-state index contributed by atoms with van der Waals surface area (Å²) in [6, 6.07) is 16.1. The van der Waals surface area contributed by atoms with Crippen molar-refractivity contribution in [3.05, 3.63) is 64.5 Å². The van der Waals surface area contributed by atoms with Gasteiger partial charge < -0.3 is 14.8 Å². The number of aliphatic hydroxyl groups is 1. The Balaban J connectivity index is 1.75. The number of hydrogen-bond donors (Lipinski definition) is 2. The molecule has 3 rings (SSSR count). The predicted octanol–water partition coefficient (Wildman–Crippen LogP) is 4.30. The third kappa shape index (κ3) is 2.86. The molecule has 0 unspecified atom stereocenters. The van der Waals surface area contributed by atoms with Crippen LogP contribution in [0, 0.1) is 0 Å². The standard InChI is InChI=1S/C16H14BrNO2/c17-13-3-1-12-8-14(4-2-11(12)7-13)18-9-15-5-6-16(10-19)20-15/h1-8,18-19H,9-10H2. The third-order valence-electron chi connectivity index (χ3n) is 3.14. The van der Waals surface area contributed by atoms with Crippen LogP contribution in [0.15, 0.2) is 57.4 Å². The van der Waals surface area contributed by atoms with Crippen LogP contribution in [0.25, 0.3) is 10.8 Å². The van der Waals surface area contributed by atoms with E-state index < -0.39 is 0 Å². The Labute approximate surface area is 125 Å². The van der Waals surface area contributed by atoms with Crippen molar-refractivity contribution in [3.63, 3.8) is 0 Å². The van der Waals surface area contributed by atoms with Gasteiger partial charge >= 0.3 is 0 Å². The number of hydrogen-bond acceptors (Lipinski definition) is 3. The lowest BCUT2D eigenvalue weighted by Crippen LogP contribution is -1.97. The highest BCUT2D eigenvalue weighted by Gasteiger charge is 2.02. The van der Waals surface area contributed by atoms with Crippen molar-refractivity contribution in [2.24, 2.45) is 0 Å². The Kier molecular flexibility index (Phi) is 3.76. The Bertz CT molecular complexity index is 736. The van der Waals surface area contributed by atoms with Gasteiger partial charge in [0.05, 0.1) is 6.54 Å². The molecule has 1 heterocycles. The number of anilines is 1. The molecule has 2 aromatic carbocycles. The van der Waals surface area contributed by atoms with E-state index in [9.17, 15) is 0 Å². The van der Waals surface area contributed by atoms with Crippen molar-refractivity contribution < 1.29 is 9.52 Å². The first-order valence-corrected chi connectivity index (χ1v) is 7.15. The van der Waals surface area contributed by atoms with Crippen molar-refractivity contribution in [2.75, 3.05) is 5.32 Å². The smallest absolute Gasteiger partial charge is 0.129 e. The molecule has 102 valence electrons. The van der Waals surface area contributed by atoms with Crippen LogP contribution in [0.3, 0.4) is 0 Å². The number of furan rings is 1. The van der Waals surface area contributed by atoms with Crippen LogP contribution < -0.4 is 5.32 Å². The molecule has 4 heteroatoms. The maximum atomic E-state index is 8.96. The first-order valence-electron chi connectivity index (χ1n) is 6.36. The molecule has 2 N–H and O–H groups in total. The quantitative estimate of drug-likeness (QED) is 0.749. The highest BCUT2D eigenvalue weighted by molar-refractivity contribution is 9.10. The zero-order valence-corrected chi connectivity index (χ0v) is 12.4. The van der Waals surface area contributed by atoms with E-state index in [1.54, 1.807) is 6.07 Å². The van der Waals surface area contributed by atoms with Gasteiger partial charge in [0.25, 0.3) is 0 Å². The second-order valence-corrected chi connectivity index (χ2v) is 5.50. The fourth-order valence-electron chi connectivity index (χ4n) is 2.12. The first kappa shape index (κ1) is 13.2. The summed E-state index contributed by atoms with van der Waals surface area (Å²) in [5.41, 5.74) is 1.04. The zero-order chi connectivity index (χ0) is 13.9. The molecule has 0 saturated carbocycles. The van der Waals surface area contributed by atoms with Gasteiger partial charge in [-0.2, -0.15) is 0 Å². The van der Waals surface area contributed by atoms with Gasteiger partial charge in [-0.1, -0.05) is 28.1 Å². The van der Waals surface area contributed by atoms with E-state index in [1.807, 2.05) is 18.2 Å². The second kappa shape index (κ2) is 5.69. The molecule has 0 aliphatic heterocycles. The maximum absolute atomic E-state index is 8.96. The number of fused-ring (bicyclic) bond motifs is 1. The van der Waals surface area contributed by atoms with Crippen LogP contribution in [-0.2, 0) is 13.2 Å². The highest BCUT2D eigenvalue weighted by atomic mass is 79.9. The minimum atomic E-state index is -0.0646. The SMILES string of the molecule is OCc1ccc(CNc2ccc3cc(Br)ccc3c2)o1. The lowest BCUT2D eigenvalue weighted by Gasteiger charge is -2.06. The molecule has 0 saturated heterocycles. The Hall–Kier alpha value is -1.78. The van der Waals surface area contributed by atoms with Gasteiger partial charge in [0.2, 0.25) is 0 Å². The third-order valence-corrected chi connectivity index (χ3v) is 3.64. The summed E-state index contributed by atoms with van der Waals surface area (Å²) in [5.74, 6) is 1.40. The molecule has 1 aromatic heterocycles. The van der Waals surface area contributed by atoms with Crippen molar-refractivity contribution >= 4 is 32.4 Å². The minimum absolute atomic E-state index is 0.0646. The van der Waals surface area contributed by atoms with Gasteiger partial charge in [-0.15, -0.1) is 0 Å². The largest absolute Gasteiger partial charge is 0.462 e. The summed E-state index contributed by atoms with van der Waals surface area (Å²) >= 11 is 3.47. The van der Waals surface area contributed by atoms with Crippen LogP contribution in [0.5, 0.6) is 0 Å². The molecule has 0 bridgehead atoms. The van der Waals surface area contributed by atoms with Crippen LogP contribution in [0.4, 0.5) is 5.69 Å². The summed E-state index contributed by atoms with van der Waals surface area (Å²) in [4.78, 5) is 0. The molecule has 20 heavy (non-hydrogen) atoms. The number of nitrogens with one attached hydrogen (secondary N) is 1. The van der Waals surface area contributed by atoms with E-state index in [0.717, 1.165) is 15.9 Å². The average molecular weight is 332 g/mol. The Morgan fingerprint density at radius 2 is 1.70 bits per heavy atom. The van der Waals surface area contributed by atoms with Crippen LogP contribution in [0.2, 0.25) is 0 Å². The monoisotopic (exact) mass is 331 g/mol. The average Bonchev–Trinajstić information content (AvgIpc) is 2.93. The lowest BCUT2D eigenvalue weighted by molar-refractivity contribution is 0.244. The van der Waals surface area contributed by atoms with Gasteiger partial charge in [-0.25, -0.2) is 0 Å². The number of benzene rings is 2. The summed E-state index contributed by atoms with van der Waals surface area (Å²) in [6.45, 7) is 0.535. The minimum Gasteiger partial charge on any atom is -0.462 e. The molecule has 0 atom stereocenters. The normalized spacial score (nSPS) is 10.9. The fourth-order valence-corrected chi connectivity index (χ4v) is 2.50. The van der Waals surface area contributed by atoms with Gasteiger partial charge in [0, 0.05) is 10.2 Å². The topological polar surface area (TPSA) is 45.4 Å². The molecule has 0 radical (unpaired) electrons. The van der Waals surface area contributed by atoms with E-state index in [0.29, 0.717) is 12.3 Å². The lowest BCUT2D eigenvalue weighted by atomic mass is 10.1.